The van der Waals surface area contributed by atoms with Gasteiger partial charge in [-0.25, -0.2) is 13.4 Å². The molecule has 3 heterocycles. The molecule has 1 amide bonds. The minimum atomic E-state index is -3.67. The predicted octanol–water partition coefficient (Wildman–Crippen LogP) is 3.44. The monoisotopic (exact) mass is 430 g/mol. The molecule has 2 aliphatic rings. The number of aromatic nitrogens is 2. The van der Waals surface area contributed by atoms with Crippen molar-refractivity contribution in [2.75, 3.05) is 19.6 Å². The third-order valence-electron chi connectivity index (χ3n) is 5.99. The van der Waals surface area contributed by atoms with E-state index < -0.39 is 10.0 Å². The van der Waals surface area contributed by atoms with Crippen LogP contribution in [-0.4, -0.2) is 52.7 Å². The van der Waals surface area contributed by atoms with Crippen LogP contribution in [-0.2, 0) is 16.6 Å². The number of likely N-dealkylation sites (tertiary alicyclic amines) is 1. The van der Waals surface area contributed by atoms with Crippen LogP contribution in [0.25, 0.3) is 5.69 Å². The third-order valence-corrected chi connectivity index (χ3v) is 7.88. The highest BCUT2D eigenvalue weighted by Crippen LogP contribution is 2.32. The van der Waals surface area contributed by atoms with E-state index in [2.05, 4.69) is 18.8 Å². The molecule has 0 bridgehead atoms. The Bertz CT molecular complexity index is 1020. The normalized spacial score (nSPS) is 19.1. The van der Waals surface area contributed by atoms with Crippen molar-refractivity contribution in [1.82, 2.24) is 18.8 Å². The van der Waals surface area contributed by atoms with E-state index in [1.165, 1.54) is 4.31 Å². The molecule has 1 aromatic heterocycles. The number of carbonyl (C=O) groups excluding carboxylic acids is 1. The Labute approximate surface area is 178 Å². The van der Waals surface area contributed by atoms with E-state index in [0.29, 0.717) is 29.5 Å². The number of hydrogen-bond donors (Lipinski definition) is 0. The summed E-state index contributed by atoms with van der Waals surface area (Å²) in [6.07, 6.45) is 6.63. The fourth-order valence-electron chi connectivity index (χ4n) is 4.20. The number of benzene rings is 1. The quantitative estimate of drug-likeness (QED) is 0.745. The van der Waals surface area contributed by atoms with E-state index in [9.17, 15) is 13.2 Å². The van der Waals surface area contributed by atoms with Crippen LogP contribution in [0.3, 0.4) is 0 Å². The number of para-hydroxylation sites is 1. The lowest BCUT2D eigenvalue weighted by Crippen LogP contribution is -2.35. The van der Waals surface area contributed by atoms with Gasteiger partial charge in [-0.1, -0.05) is 38.8 Å². The summed E-state index contributed by atoms with van der Waals surface area (Å²) in [6.45, 7) is 6.19. The maximum atomic E-state index is 13.4. The van der Waals surface area contributed by atoms with Gasteiger partial charge in [0.2, 0.25) is 10.0 Å². The minimum Gasteiger partial charge on any atom is -0.337 e. The van der Waals surface area contributed by atoms with Gasteiger partial charge in [-0.3, -0.25) is 9.36 Å². The van der Waals surface area contributed by atoms with E-state index in [1.54, 1.807) is 29.1 Å². The standard InChI is InChI=1S/C22H30N4O3S/c1-17(2)11-14-25-15-19-21(22(27)24-12-7-3-4-8-13-24)23-16-26(19)18-9-5-6-10-20(18)30(25,28)29/h5-6,9-10,16-17H,3-4,7-8,11-15H2,1-2H3. The summed E-state index contributed by atoms with van der Waals surface area (Å²) >= 11 is 0. The zero-order valence-corrected chi connectivity index (χ0v) is 18.6. The van der Waals surface area contributed by atoms with Gasteiger partial charge in [0, 0.05) is 19.6 Å². The van der Waals surface area contributed by atoms with Crippen LogP contribution in [0.2, 0.25) is 0 Å². The highest BCUT2D eigenvalue weighted by molar-refractivity contribution is 7.89. The molecule has 2 aliphatic heterocycles. The van der Waals surface area contributed by atoms with E-state index in [-0.39, 0.29) is 17.3 Å². The van der Waals surface area contributed by atoms with Crippen LogP contribution in [0, 0.1) is 5.92 Å². The topological polar surface area (TPSA) is 75.5 Å². The van der Waals surface area contributed by atoms with Crippen LogP contribution >= 0.6 is 0 Å². The van der Waals surface area contributed by atoms with Gasteiger partial charge in [0.1, 0.15) is 11.2 Å². The van der Waals surface area contributed by atoms with E-state index in [0.717, 1.165) is 45.2 Å². The van der Waals surface area contributed by atoms with Crippen LogP contribution < -0.4 is 0 Å². The van der Waals surface area contributed by atoms with Crippen LogP contribution in [0.5, 0.6) is 0 Å². The van der Waals surface area contributed by atoms with Crippen LogP contribution in [0.1, 0.15) is 62.1 Å². The van der Waals surface area contributed by atoms with Gasteiger partial charge >= 0.3 is 0 Å². The number of nitrogens with zero attached hydrogens (tertiary/aromatic N) is 4. The maximum Gasteiger partial charge on any atom is 0.274 e. The molecule has 0 spiro atoms. The van der Waals surface area contributed by atoms with Crippen molar-refractivity contribution in [2.45, 2.75) is 57.4 Å². The Morgan fingerprint density at radius 2 is 1.80 bits per heavy atom. The maximum absolute atomic E-state index is 13.4. The van der Waals surface area contributed by atoms with E-state index in [4.69, 9.17) is 0 Å². The molecule has 7 nitrogen and oxygen atoms in total. The second kappa shape index (κ2) is 8.51. The molecule has 0 unspecified atom stereocenters. The van der Waals surface area contributed by atoms with Crippen molar-refractivity contribution >= 4 is 15.9 Å². The fraction of sp³-hybridized carbons (Fsp3) is 0.545. The van der Waals surface area contributed by atoms with Crippen molar-refractivity contribution in [2.24, 2.45) is 5.92 Å². The van der Waals surface area contributed by atoms with Crippen molar-refractivity contribution in [3.63, 3.8) is 0 Å². The zero-order valence-electron chi connectivity index (χ0n) is 17.7. The first kappa shape index (κ1) is 21.1. The average molecular weight is 431 g/mol. The molecule has 4 rings (SSSR count). The zero-order chi connectivity index (χ0) is 21.3. The Morgan fingerprint density at radius 3 is 2.50 bits per heavy atom. The molecule has 1 saturated heterocycles. The molecule has 0 aliphatic carbocycles. The van der Waals surface area contributed by atoms with Gasteiger partial charge in [-0.05, 0) is 37.3 Å². The van der Waals surface area contributed by atoms with Gasteiger partial charge < -0.3 is 4.90 Å². The Morgan fingerprint density at radius 1 is 1.10 bits per heavy atom. The van der Waals surface area contributed by atoms with Crippen LogP contribution in [0.15, 0.2) is 35.5 Å². The lowest BCUT2D eigenvalue weighted by molar-refractivity contribution is 0.0754. The lowest BCUT2D eigenvalue weighted by atomic mass is 10.1. The molecular weight excluding hydrogens is 400 g/mol. The Balaban J connectivity index is 1.78. The van der Waals surface area contributed by atoms with E-state index >= 15 is 0 Å². The first-order valence-corrected chi connectivity index (χ1v) is 12.3. The van der Waals surface area contributed by atoms with Crippen molar-refractivity contribution in [3.8, 4) is 5.69 Å². The fourth-order valence-corrected chi connectivity index (χ4v) is 5.80. The molecule has 30 heavy (non-hydrogen) atoms. The van der Waals surface area contributed by atoms with Crippen LogP contribution in [0.4, 0.5) is 0 Å². The number of rotatable bonds is 4. The van der Waals surface area contributed by atoms with Gasteiger partial charge in [0.25, 0.3) is 5.91 Å². The average Bonchev–Trinajstić information content (AvgIpc) is 2.90. The number of imidazole rings is 1. The van der Waals surface area contributed by atoms with Gasteiger partial charge in [-0.2, -0.15) is 4.31 Å². The SMILES string of the molecule is CC(C)CCN1Cc2c(C(=O)N3CCCCCC3)ncn2-c2ccccc2S1(=O)=O. The molecule has 8 heteroatoms. The van der Waals surface area contributed by atoms with E-state index in [1.807, 2.05) is 11.0 Å². The third kappa shape index (κ3) is 3.90. The largest absolute Gasteiger partial charge is 0.337 e. The summed E-state index contributed by atoms with van der Waals surface area (Å²) in [7, 11) is -3.67. The predicted molar refractivity (Wildman–Crippen MR) is 115 cm³/mol. The Kier molecular flexibility index (Phi) is 5.97. The minimum absolute atomic E-state index is 0.0914. The second-order valence-electron chi connectivity index (χ2n) is 8.61. The summed E-state index contributed by atoms with van der Waals surface area (Å²) in [6, 6.07) is 6.98. The summed E-state index contributed by atoms with van der Waals surface area (Å²) in [5, 5.41) is 0. The summed E-state index contributed by atoms with van der Waals surface area (Å²) < 4.78 is 30.1. The van der Waals surface area contributed by atoms with Crippen molar-refractivity contribution < 1.29 is 13.2 Å². The highest BCUT2D eigenvalue weighted by atomic mass is 32.2. The molecule has 1 fully saturated rings. The molecule has 0 N–H and O–H groups in total. The summed E-state index contributed by atoms with van der Waals surface area (Å²) in [4.78, 5) is 19.9. The first-order valence-electron chi connectivity index (χ1n) is 10.8. The number of sulfonamides is 1. The van der Waals surface area contributed by atoms with Gasteiger partial charge in [0.15, 0.2) is 5.69 Å². The lowest BCUT2D eigenvalue weighted by Gasteiger charge is -2.22. The second-order valence-corrected chi connectivity index (χ2v) is 10.5. The number of fused-ring (bicyclic) bond motifs is 3. The smallest absolute Gasteiger partial charge is 0.274 e. The first-order chi connectivity index (χ1) is 14.4. The van der Waals surface area contributed by atoms with Crippen molar-refractivity contribution in [3.05, 3.63) is 42.0 Å². The molecule has 0 saturated carbocycles. The molecule has 0 atom stereocenters. The summed E-state index contributed by atoms with van der Waals surface area (Å²) in [5.41, 5.74) is 1.59. The molecule has 162 valence electrons. The number of carbonyl (C=O) groups is 1. The van der Waals surface area contributed by atoms with Gasteiger partial charge in [-0.15, -0.1) is 0 Å². The Hall–Kier alpha value is -2.19. The van der Waals surface area contributed by atoms with Gasteiger partial charge in [0.05, 0.1) is 17.9 Å². The molecule has 0 radical (unpaired) electrons. The number of amides is 1. The summed E-state index contributed by atoms with van der Waals surface area (Å²) in [5.74, 6) is 0.285. The molecular formula is C22H30N4O3S. The highest BCUT2D eigenvalue weighted by Gasteiger charge is 2.35. The molecule has 1 aromatic carbocycles. The molecule has 2 aromatic rings. The number of hydrogen-bond acceptors (Lipinski definition) is 4. The van der Waals surface area contributed by atoms with Crippen molar-refractivity contribution in [1.29, 1.82) is 0 Å².